The molecule has 4 heteroatoms. The summed E-state index contributed by atoms with van der Waals surface area (Å²) >= 11 is 12.2. The van der Waals surface area contributed by atoms with Crippen LogP contribution in [0.3, 0.4) is 0 Å². The molecular formula is C14H17Cl2NO. The maximum atomic E-state index is 6.15. The fourth-order valence-corrected chi connectivity index (χ4v) is 3.94. The normalized spacial score (nSPS) is 34.2. The van der Waals surface area contributed by atoms with Crippen LogP contribution >= 0.6 is 23.2 Å². The van der Waals surface area contributed by atoms with Crippen molar-refractivity contribution in [1.29, 1.82) is 0 Å². The first-order chi connectivity index (χ1) is 8.70. The highest BCUT2D eigenvalue weighted by atomic mass is 35.5. The minimum absolute atomic E-state index is 0.211. The monoisotopic (exact) mass is 285 g/mol. The van der Waals surface area contributed by atoms with Crippen LogP contribution in [-0.4, -0.2) is 26.8 Å². The summed E-state index contributed by atoms with van der Waals surface area (Å²) in [6.07, 6.45) is 1.22. The summed E-state index contributed by atoms with van der Waals surface area (Å²) in [5.74, 6) is 1.32. The van der Waals surface area contributed by atoms with Crippen molar-refractivity contribution >= 4 is 23.2 Å². The molecule has 1 unspecified atom stereocenters. The molecule has 18 heavy (non-hydrogen) atoms. The van der Waals surface area contributed by atoms with E-state index in [0.29, 0.717) is 16.0 Å². The van der Waals surface area contributed by atoms with Crippen molar-refractivity contribution in [2.24, 2.45) is 11.8 Å². The van der Waals surface area contributed by atoms with Crippen molar-refractivity contribution in [3.8, 4) is 0 Å². The van der Waals surface area contributed by atoms with Crippen LogP contribution in [0.5, 0.6) is 0 Å². The SMILES string of the molecule is COC[C@H]1C2CCNC[C@]21c1ccc(Cl)c(Cl)c1. The molecule has 1 aromatic carbocycles. The lowest BCUT2D eigenvalue weighted by Crippen LogP contribution is -2.35. The summed E-state index contributed by atoms with van der Waals surface area (Å²) in [5, 5.41) is 4.78. The van der Waals surface area contributed by atoms with Gasteiger partial charge in [0.15, 0.2) is 0 Å². The minimum Gasteiger partial charge on any atom is -0.384 e. The van der Waals surface area contributed by atoms with Crippen LogP contribution < -0.4 is 5.32 Å². The highest BCUT2D eigenvalue weighted by Gasteiger charge is 2.65. The molecule has 2 nitrogen and oxygen atoms in total. The van der Waals surface area contributed by atoms with E-state index in [1.54, 1.807) is 7.11 Å². The van der Waals surface area contributed by atoms with Crippen molar-refractivity contribution in [2.75, 3.05) is 26.8 Å². The van der Waals surface area contributed by atoms with Gasteiger partial charge in [-0.2, -0.15) is 0 Å². The Labute approximate surface area is 118 Å². The van der Waals surface area contributed by atoms with Crippen LogP contribution in [0.25, 0.3) is 0 Å². The van der Waals surface area contributed by atoms with E-state index in [1.165, 1.54) is 12.0 Å². The number of halogens is 2. The first-order valence-electron chi connectivity index (χ1n) is 6.35. The predicted octanol–water partition coefficient (Wildman–Crippen LogP) is 3.12. The molecule has 1 aliphatic carbocycles. The van der Waals surface area contributed by atoms with Gasteiger partial charge in [-0.15, -0.1) is 0 Å². The van der Waals surface area contributed by atoms with Gasteiger partial charge in [0.2, 0.25) is 0 Å². The van der Waals surface area contributed by atoms with Crippen molar-refractivity contribution in [3.63, 3.8) is 0 Å². The third kappa shape index (κ3) is 1.78. The van der Waals surface area contributed by atoms with Crippen LogP contribution in [0.2, 0.25) is 10.0 Å². The Balaban J connectivity index is 1.95. The van der Waals surface area contributed by atoms with E-state index in [4.69, 9.17) is 27.9 Å². The summed E-state index contributed by atoms with van der Waals surface area (Å²) in [6.45, 7) is 2.95. The lowest BCUT2D eigenvalue weighted by atomic mass is 9.89. The molecular weight excluding hydrogens is 269 g/mol. The number of rotatable bonds is 3. The van der Waals surface area contributed by atoms with Crippen LogP contribution in [-0.2, 0) is 10.2 Å². The highest BCUT2D eigenvalue weighted by Crippen LogP contribution is 2.62. The third-order valence-corrected chi connectivity index (χ3v) is 5.29. The van der Waals surface area contributed by atoms with Gasteiger partial charge < -0.3 is 10.1 Å². The molecule has 1 aromatic rings. The first kappa shape index (κ1) is 12.7. The number of ether oxygens (including phenoxy) is 1. The predicted molar refractivity (Wildman–Crippen MR) is 74.5 cm³/mol. The second-order valence-corrected chi connectivity index (χ2v) is 6.12. The fraction of sp³-hybridized carbons (Fsp3) is 0.571. The van der Waals surface area contributed by atoms with Crippen molar-refractivity contribution in [2.45, 2.75) is 11.8 Å². The fourth-order valence-electron chi connectivity index (χ4n) is 3.64. The topological polar surface area (TPSA) is 21.3 Å². The Morgan fingerprint density at radius 2 is 2.22 bits per heavy atom. The Morgan fingerprint density at radius 1 is 1.39 bits per heavy atom. The quantitative estimate of drug-likeness (QED) is 0.921. The highest BCUT2D eigenvalue weighted by molar-refractivity contribution is 6.42. The molecule has 1 heterocycles. The second kappa shape index (κ2) is 4.68. The second-order valence-electron chi connectivity index (χ2n) is 5.30. The molecule has 2 fully saturated rings. The van der Waals surface area contributed by atoms with Crippen LogP contribution in [0.1, 0.15) is 12.0 Å². The van der Waals surface area contributed by atoms with Gasteiger partial charge >= 0.3 is 0 Å². The minimum atomic E-state index is 0.211. The van der Waals surface area contributed by atoms with Crippen molar-refractivity contribution < 1.29 is 4.74 Å². The largest absolute Gasteiger partial charge is 0.384 e. The summed E-state index contributed by atoms with van der Waals surface area (Å²) in [7, 11) is 1.78. The summed E-state index contributed by atoms with van der Waals surface area (Å²) in [6, 6.07) is 6.05. The maximum absolute atomic E-state index is 6.15. The Bertz CT molecular complexity index is 465. The van der Waals surface area contributed by atoms with Gasteiger partial charge in [0.1, 0.15) is 0 Å². The molecule has 98 valence electrons. The number of methoxy groups -OCH3 is 1. The number of hydrogen-bond donors (Lipinski definition) is 1. The molecule has 1 saturated carbocycles. The lowest BCUT2D eigenvalue weighted by Gasteiger charge is -2.24. The zero-order chi connectivity index (χ0) is 12.8. The van der Waals surface area contributed by atoms with E-state index in [2.05, 4.69) is 11.4 Å². The van der Waals surface area contributed by atoms with E-state index in [1.807, 2.05) is 12.1 Å². The maximum Gasteiger partial charge on any atom is 0.0595 e. The van der Waals surface area contributed by atoms with Crippen LogP contribution in [0.15, 0.2) is 18.2 Å². The van der Waals surface area contributed by atoms with Gasteiger partial charge in [0.05, 0.1) is 16.7 Å². The van der Waals surface area contributed by atoms with Crippen LogP contribution in [0.4, 0.5) is 0 Å². The zero-order valence-electron chi connectivity index (χ0n) is 10.4. The molecule has 0 aromatic heterocycles. The average molecular weight is 286 g/mol. The number of nitrogens with one attached hydrogen (secondary N) is 1. The van der Waals surface area contributed by atoms with Gasteiger partial charge in [-0.3, -0.25) is 0 Å². The molecule has 1 aliphatic heterocycles. The molecule has 0 radical (unpaired) electrons. The average Bonchev–Trinajstić information content (AvgIpc) is 3.03. The summed E-state index contributed by atoms with van der Waals surface area (Å²) < 4.78 is 5.37. The van der Waals surface area contributed by atoms with Crippen molar-refractivity contribution in [1.82, 2.24) is 5.32 Å². The third-order valence-electron chi connectivity index (χ3n) is 4.55. The van der Waals surface area contributed by atoms with E-state index in [9.17, 15) is 0 Å². The smallest absolute Gasteiger partial charge is 0.0595 e. The molecule has 0 amide bonds. The molecule has 1 saturated heterocycles. The summed E-state index contributed by atoms with van der Waals surface area (Å²) in [5.41, 5.74) is 1.51. The lowest BCUT2D eigenvalue weighted by molar-refractivity contribution is 0.176. The Hall–Kier alpha value is -0.280. The molecule has 1 N–H and O–H groups in total. The summed E-state index contributed by atoms with van der Waals surface area (Å²) in [4.78, 5) is 0. The molecule has 0 spiro atoms. The van der Waals surface area contributed by atoms with Gasteiger partial charge in [-0.1, -0.05) is 29.3 Å². The van der Waals surface area contributed by atoms with Gasteiger partial charge in [-0.05, 0) is 42.5 Å². The van der Waals surface area contributed by atoms with Gasteiger partial charge in [-0.25, -0.2) is 0 Å². The number of fused-ring (bicyclic) bond motifs is 1. The first-order valence-corrected chi connectivity index (χ1v) is 7.11. The molecule has 2 aliphatic rings. The van der Waals surface area contributed by atoms with E-state index < -0.39 is 0 Å². The molecule has 3 rings (SSSR count). The van der Waals surface area contributed by atoms with Gasteiger partial charge in [0.25, 0.3) is 0 Å². The van der Waals surface area contributed by atoms with E-state index in [0.717, 1.165) is 25.6 Å². The number of benzene rings is 1. The standard InChI is InChI=1S/C14H17Cl2NO/c1-18-7-11-10-4-5-17-8-14(10,11)9-2-3-12(15)13(16)6-9/h2-3,6,10-11,17H,4-5,7-8H2,1H3/t10?,11-,14-/m0/s1. The molecule has 3 atom stereocenters. The Morgan fingerprint density at radius 3 is 2.94 bits per heavy atom. The van der Waals surface area contributed by atoms with Crippen molar-refractivity contribution in [3.05, 3.63) is 33.8 Å². The number of piperidine rings is 1. The van der Waals surface area contributed by atoms with E-state index in [-0.39, 0.29) is 5.41 Å². The van der Waals surface area contributed by atoms with Crippen LogP contribution in [0, 0.1) is 11.8 Å². The molecule has 0 bridgehead atoms. The number of hydrogen-bond acceptors (Lipinski definition) is 2. The zero-order valence-corrected chi connectivity index (χ0v) is 11.9. The van der Waals surface area contributed by atoms with E-state index >= 15 is 0 Å². The Kier molecular flexibility index (Phi) is 3.31. The van der Waals surface area contributed by atoms with Gasteiger partial charge in [0, 0.05) is 19.1 Å².